The van der Waals surface area contributed by atoms with Crippen LogP contribution in [0, 0.1) is 0 Å². The second-order valence-electron chi connectivity index (χ2n) is 9.03. The lowest BCUT2D eigenvalue weighted by Crippen LogP contribution is -2.42. The number of hydrogen-bond donors (Lipinski definition) is 3. The van der Waals surface area contributed by atoms with Gasteiger partial charge in [0.1, 0.15) is 23.2 Å². The molecule has 36 heavy (non-hydrogen) atoms. The van der Waals surface area contributed by atoms with E-state index in [1.165, 1.54) is 6.20 Å². The summed E-state index contributed by atoms with van der Waals surface area (Å²) in [7, 11) is 1.76. The van der Waals surface area contributed by atoms with E-state index >= 15 is 0 Å². The van der Waals surface area contributed by atoms with Crippen LogP contribution in [0.3, 0.4) is 0 Å². The lowest BCUT2D eigenvalue weighted by atomic mass is 10.1. The maximum absolute atomic E-state index is 14.8. The number of hydrogen-bond acceptors (Lipinski definition) is 8. The van der Waals surface area contributed by atoms with Crippen LogP contribution in [-0.4, -0.2) is 87.0 Å². The largest absolute Gasteiger partial charge is 0.388 e. The summed E-state index contributed by atoms with van der Waals surface area (Å²) in [6.07, 6.45) is 3.64. The summed E-state index contributed by atoms with van der Waals surface area (Å²) < 4.78 is 28.8. The van der Waals surface area contributed by atoms with Gasteiger partial charge < -0.3 is 29.8 Å². The molecule has 4 atom stereocenters. The molecule has 2 aliphatic rings. The van der Waals surface area contributed by atoms with E-state index < -0.39 is 30.3 Å². The zero-order valence-corrected chi connectivity index (χ0v) is 19.6. The Morgan fingerprint density at radius 1 is 1.25 bits per heavy atom. The summed E-state index contributed by atoms with van der Waals surface area (Å²) in [6.45, 7) is 0.948. The van der Waals surface area contributed by atoms with Gasteiger partial charge in [0.25, 0.3) is 5.91 Å². The number of anilines is 1. The average molecular weight is 496 g/mol. The first-order valence-electron chi connectivity index (χ1n) is 11.9. The highest BCUT2D eigenvalue weighted by Crippen LogP contribution is 2.35. The molecule has 4 aromatic heterocycles. The second-order valence-corrected chi connectivity index (χ2v) is 9.03. The molecule has 6 rings (SSSR count). The Labute approximate surface area is 205 Å². The number of carbonyl (C=O) groups is 1. The minimum absolute atomic E-state index is 0.0512. The third-order valence-electron chi connectivity index (χ3n) is 6.81. The molecule has 6 heterocycles. The number of rotatable bonds is 5. The van der Waals surface area contributed by atoms with E-state index in [2.05, 4.69) is 20.7 Å². The van der Waals surface area contributed by atoms with Crippen molar-refractivity contribution in [1.29, 1.82) is 0 Å². The van der Waals surface area contributed by atoms with Gasteiger partial charge >= 0.3 is 0 Å². The molecular formula is C24H26FN7O4. The van der Waals surface area contributed by atoms with Crippen molar-refractivity contribution in [1.82, 2.24) is 29.5 Å². The first kappa shape index (κ1) is 22.8. The van der Waals surface area contributed by atoms with E-state index in [1.807, 2.05) is 29.0 Å². The molecule has 2 saturated heterocycles. The summed E-state index contributed by atoms with van der Waals surface area (Å²) in [5.74, 6) is 0.218. The molecule has 3 N–H and O–H groups in total. The number of amides is 1. The standard InChI is InChI=1S/C24H26FN7O4/c1-26-21-7-17(29-23-14(8-28-32(21)23)24(34)30-18-11-36-12-20(18)33)15-9-31(19-4-6-35-10-16(19)25)22-13(15)3-2-5-27-22/h2-3,5,7-9,16,18-20,26,33H,4,6,10-12H2,1H3,(H,30,34)/t16-,18?,19-,20+/m1/s1. The molecule has 2 fully saturated rings. The van der Waals surface area contributed by atoms with Crippen molar-refractivity contribution in [2.24, 2.45) is 0 Å². The number of aromatic nitrogens is 5. The van der Waals surface area contributed by atoms with Crippen molar-refractivity contribution in [2.75, 3.05) is 38.8 Å². The topological polar surface area (TPSA) is 128 Å². The summed E-state index contributed by atoms with van der Waals surface area (Å²) >= 11 is 0. The summed E-state index contributed by atoms with van der Waals surface area (Å²) in [5.41, 5.74) is 2.63. The SMILES string of the molecule is CNc1cc(-c2cn([C@@H]3CCOC[C@H]3F)c3ncccc23)nc2c(C(=O)NC3COC[C@@H]3O)cnn12. The maximum atomic E-state index is 14.8. The van der Waals surface area contributed by atoms with Gasteiger partial charge in [0.05, 0.1) is 49.9 Å². The number of ether oxygens (including phenoxy) is 2. The molecule has 0 bridgehead atoms. The van der Waals surface area contributed by atoms with Crippen molar-refractivity contribution in [3.8, 4) is 11.3 Å². The van der Waals surface area contributed by atoms with Gasteiger partial charge in [0, 0.05) is 43.1 Å². The average Bonchev–Trinajstić information content (AvgIpc) is 3.61. The summed E-state index contributed by atoms with van der Waals surface area (Å²) in [5, 5.41) is 21.1. The fraction of sp³-hybridized carbons (Fsp3) is 0.417. The van der Waals surface area contributed by atoms with Gasteiger partial charge in [-0.25, -0.2) is 14.4 Å². The molecule has 1 amide bonds. The van der Waals surface area contributed by atoms with Crippen molar-refractivity contribution < 1.29 is 23.8 Å². The normalized spacial score (nSPS) is 24.4. The second kappa shape index (κ2) is 9.12. The van der Waals surface area contributed by atoms with Crippen LogP contribution in [0.15, 0.2) is 36.8 Å². The molecular weight excluding hydrogens is 469 g/mol. The maximum Gasteiger partial charge on any atom is 0.257 e. The smallest absolute Gasteiger partial charge is 0.257 e. The Hall–Kier alpha value is -3.61. The van der Waals surface area contributed by atoms with Gasteiger partial charge in [0.2, 0.25) is 0 Å². The van der Waals surface area contributed by atoms with E-state index in [1.54, 1.807) is 17.8 Å². The van der Waals surface area contributed by atoms with Gasteiger partial charge in [-0.1, -0.05) is 0 Å². The van der Waals surface area contributed by atoms with Gasteiger partial charge in [-0.05, 0) is 18.6 Å². The Kier molecular flexibility index (Phi) is 5.78. The Bertz CT molecular complexity index is 1440. The first-order valence-corrected chi connectivity index (χ1v) is 11.9. The van der Waals surface area contributed by atoms with Gasteiger partial charge in [0.15, 0.2) is 5.65 Å². The van der Waals surface area contributed by atoms with Crippen molar-refractivity contribution >= 4 is 28.4 Å². The predicted molar refractivity (Wildman–Crippen MR) is 129 cm³/mol. The third-order valence-corrected chi connectivity index (χ3v) is 6.81. The molecule has 0 spiro atoms. The van der Waals surface area contributed by atoms with Gasteiger partial charge in [-0.15, -0.1) is 0 Å². The van der Waals surface area contributed by atoms with E-state index in [0.29, 0.717) is 35.8 Å². The molecule has 188 valence electrons. The van der Waals surface area contributed by atoms with Crippen LogP contribution in [0.4, 0.5) is 10.2 Å². The van der Waals surface area contributed by atoms with Crippen LogP contribution >= 0.6 is 0 Å². The van der Waals surface area contributed by atoms with E-state index in [4.69, 9.17) is 14.5 Å². The monoisotopic (exact) mass is 495 g/mol. The van der Waals surface area contributed by atoms with Crippen molar-refractivity contribution in [3.05, 3.63) is 42.4 Å². The number of alkyl halides is 1. The highest BCUT2D eigenvalue weighted by Gasteiger charge is 2.31. The fourth-order valence-electron chi connectivity index (χ4n) is 4.91. The number of nitrogens with zero attached hydrogens (tertiary/aromatic N) is 5. The van der Waals surface area contributed by atoms with E-state index in [-0.39, 0.29) is 25.4 Å². The fourth-order valence-corrected chi connectivity index (χ4v) is 4.91. The van der Waals surface area contributed by atoms with Gasteiger partial charge in [-0.2, -0.15) is 9.61 Å². The lowest BCUT2D eigenvalue weighted by molar-refractivity contribution is 0.00443. The zero-order chi connectivity index (χ0) is 24.8. The molecule has 2 aliphatic heterocycles. The zero-order valence-electron chi connectivity index (χ0n) is 19.6. The van der Waals surface area contributed by atoms with Crippen LogP contribution < -0.4 is 10.6 Å². The molecule has 4 aromatic rings. The predicted octanol–water partition coefficient (Wildman–Crippen LogP) is 1.58. The number of nitrogens with one attached hydrogen (secondary N) is 2. The van der Waals surface area contributed by atoms with Crippen molar-refractivity contribution in [2.45, 2.75) is 30.8 Å². The summed E-state index contributed by atoms with van der Waals surface area (Å²) in [6, 6.07) is 4.69. The Balaban J connectivity index is 1.46. The highest BCUT2D eigenvalue weighted by atomic mass is 19.1. The molecule has 12 heteroatoms. The van der Waals surface area contributed by atoms with Crippen LogP contribution in [-0.2, 0) is 9.47 Å². The van der Waals surface area contributed by atoms with Crippen molar-refractivity contribution in [3.63, 3.8) is 0 Å². The summed E-state index contributed by atoms with van der Waals surface area (Å²) in [4.78, 5) is 22.4. The van der Waals surface area contributed by atoms with Crippen LogP contribution in [0.2, 0.25) is 0 Å². The molecule has 0 aliphatic carbocycles. The molecule has 11 nitrogen and oxygen atoms in total. The Morgan fingerprint density at radius 3 is 2.92 bits per heavy atom. The van der Waals surface area contributed by atoms with Crippen LogP contribution in [0.25, 0.3) is 27.9 Å². The van der Waals surface area contributed by atoms with Crippen LogP contribution in [0.5, 0.6) is 0 Å². The quantitative estimate of drug-likeness (QED) is 0.381. The number of aliphatic hydroxyl groups is 1. The highest BCUT2D eigenvalue weighted by molar-refractivity contribution is 6.01. The minimum Gasteiger partial charge on any atom is -0.388 e. The number of fused-ring (bicyclic) bond motifs is 2. The number of aliphatic hydroxyl groups excluding tert-OH is 1. The molecule has 0 aromatic carbocycles. The molecule has 1 unspecified atom stereocenters. The molecule has 0 saturated carbocycles. The lowest BCUT2D eigenvalue weighted by Gasteiger charge is -2.27. The number of pyridine rings is 1. The minimum atomic E-state index is -1.15. The molecule has 0 radical (unpaired) electrons. The third kappa shape index (κ3) is 3.77. The number of halogens is 1. The number of carbonyl (C=O) groups excluding carboxylic acids is 1. The van der Waals surface area contributed by atoms with Gasteiger partial charge in [-0.3, -0.25) is 4.79 Å². The van der Waals surface area contributed by atoms with Crippen LogP contribution in [0.1, 0.15) is 22.8 Å². The first-order chi connectivity index (χ1) is 17.5. The van der Waals surface area contributed by atoms with E-state index in [9.17, 15) is 14.3 Å². The Morgan fingerprint density at radius 2 is 2.14 bits per heavy atom. The van der Waals surface area contributed by atoms with E-state index in [0.717, 1.165) is 10.9 Å².